The van der Waals surface area contributed by atoms with Crippen LogP contribution < -0.4 is 14.8 Å². The molecule has 0 saturated heterocycles. The average molecular weight is 337 g/mol. The molecule has 0 radical (unpaired) electrons. The largest absolute Gasteiger partial charge is 0.493 e. The first-order valence-corrected chi connectivity index (χ1v) is 9.00. The second-order valence-corrected chi connectivity index (χ2v) is 6.91. The molecular formula is C21H23NO3. The summed E-state index contributed by atoms with van der Waals surface area (Å²) in [6.07, 6.45) is 3.13. The van der Waals surface area contributed by atoms with Crippen LogP contribution in [0.25, 0.3) is 0 Å². The maximum absolute atomic E-state index is 12.8. The fraction of sp³-hybridized carbons (Fsp3) is 0.381. The van der Waals surface area contributed by atoms with Crippen molar-refractivity contribution in [3.8, 4) is 11.5 Å². The van der Waals surface area contributed by atoms with E-state index in [0.29, 0.717) is 12.2 Å². The van der Waals surface area contributed by atoms with E-state index in [1.165, 1.54) is 0 Å². The summed E-state index contributed by atoms with van der Waals surface area (Å²) in [6, 6.07) is 13.7. The first-order chi connectivity index (χ1) is 12.2. The van der Waals surface area contributed by atoms with Crippen molar-refractivity contribution in [1.82, 2.24) is 5.32 Å². The Labute approximate surface area is 148 Å². The number of aryl methyl sites for hydroxylation is 1. The molecule has 2 unspecified atom stereocenters. The SMILES string of the molecule is CC1COc2ccccc2C1NC(=O)c1ccc2c(c1)CCCCO2. The smallest absolute Gasteiger partial charge is 0.251 e. The summed E-state index contributed by atoms with van der Waals surface area (Å²) < 4.78 is 11.5. The standard InChI is InChI=1S/C21H23NO3/c1-14-13-25-19-8-3-2-7-17(19)20(14)22-21(23)16-9-10-18-15(12-16)6-4-5-11-24-18/h2-3,7-10,12,14,20H,4-6,11,13H2,1H3,(H,22,23). The minimum Gasteiger partial charge on any atom is -0.493 e. The van der Waals surface area contributed by atoms with Crippen molar-refractivity contribution in [3.05, 3.63) is 59.2 Å². The second kappa shape index (κ2) is 6.79. The molecule has 0 bridgehead atoms. The molecule has 4 heteroatoms. The topological polar surface area (TPSA) is 47.6 Å². The summed E-state index contributed by atoms with van der Waals surface area (Å²) in [4.78, 5) is 12.8. The van der Waals surface area contributed by atoms with Crippen LogP contribution >= 0.6 is 0 Å². The van der Waals surface area contributed by atoms with Crippen molar-refractivity contribution < 1.29 is 14.3 Å². The Bertz CT molecular complexity index is 786. The average Bonchev–Trinajstić information content (AvgIpc) is 2.88. The molecule has 0 spiro atoms. The zero-order chi connectivity index (χ0) is 17.2. The number of carbonyl (C=O) groups is 1. The van der Waals surface area contributed by atoms with E-state index in [1.807, 2.05) is 42.5 Å². The van der Waals surface area contributed by atoms with Crippen LogP contribution in [0.1, 0.15) is 47.3 Å². The van der Waals surface area contributed by atoms with Gasteiger partial charge in [-0.05, 0) is 49.1 Å². The normalized spacial score (nSPS) is 21.8. The number of hydrogen-bond donors (Lipinski definition) is 1. The summed E-state index contributed by atoms with van der Waals surface area (Å²) in [5, 5.41) is 3.20. The zero-order valence-electron chi connectivity index (χ0n) is 14.5. The maximum Gasteiger partial charge on any atom is 0.251 e. The Hall–Kier alpha value is -2.49. The molecule has 2 atom stereocenters. The van der Waals surface area contributed by atoms with Gasteiger partial charge in [-0.2, -0.15) is 0 Å². The number of fused-ring (bicyclic) bond motifs is 2. The molecule has 1 N–H and O–H groups in total. The number of hydrogen-bond acceptors (Lipinski definition) is 3. The summed E-state index contributed by atoms with van der Waals surface area (Å²) in [5.41, 5.74) is 2.87. The molecule has 1 amide bonds. The van der Waals surface area contributed by atoms with Crippen LogP contribution in [0, 0.1) is 5.92 Å². The van der Waals surface area contributed by atoms with Gasteiger partial charge in [0.05, 0.1) is 19.3 Å². The van der Waals surface area contributed by atoms with E-state index in [9.17, 15) is 4.79 Å². The van der Waals surface area contributed by atoms with Crippen molar-refractivity contribution in [2.75, 3.05) is 13.2 Å². The van der Waals surface area contributed by atoms with Crippen LogP contribution in [0.3, 0.4) is 0 Å². The number of ether oxygens (including phenoxy) is 2. The Balaban J connectivity index is 1.57. The molecule has 4 nitrogen and oxygen atoms in total. The van der Waals surface area contributed by atoms with E-state index in [1.54, 1.807) is 0 Å². The lowest BCUT2D eigenvalue weighted by atomic mass is 9.91. The summed E-state index contributed by atoms with van der Waals surface area (Å²) in [6.45, 7) is 3.47. The number of carbonyl (C=O) groups excluding carboxylic acids is 1. The predicted molar refractivity (Wildman–Crippen MR) is 96.2 cm³/mol. The Morgan fingerprint density at radius 1 is 1.08 bits per heavy atom. The lowest BCUT2D eigenvalue weighted by molar-refractivity contribution is 0.0898. The van der Waals surface area contributed by atoms with E-state index in [4.69, 9.17) is 9.47 Å². The van der Waals surface area contributed by atoms with E-state index in [-0.39, 0.29) is 17.9 Å². The molecule has 2 aliphatic heterocycles. The predicted octanol–water partition coefficient (Wildman–Crippen LogP) is 3.90. The van der Waals surface area contributed by atoms with E-state index >= 15 is 0 Å². The highest BCUT2D eigenvalue weighted by molar-refractivity contribution is 5.95. The van der Waals surface area contributed by atoms with Crippen molar-refractivity contribution in [2.45, 2.75) is 32.2 Å². The van der Waals surface area contributed by atoms with Crippen molar-refractivity contribution in [3.63, 3.8) is 0 Å². The molecule has 0 saturated carbocycles. The van der Waals surface area contributed by atoms with E-state index in [0.717, 1.165) is 48.5 Å². The van der Waals surface area contributed by atoms with Gasteiger partial charge in [-0.3, -0.25) is 4.79 Å². The van der Waals surface area contributed by atoms with Gasteiger partial charge in [-0.1, -0.05) is 25.1 Å². The second-order valence-electron chi connectivity index (χ2n) is 6.91. The summed E-state index contributed by atoms with van der Waals surface area (Å²) in [7, 11) is 0. The molecule has 25 heavy (non-hydrogen) atoms. The third kappa shape index (κ3) is 3.21. The van der Waals surface area contributed by atoms with Gasteiger partial charge in [0.1, 0.15) is 11.5 Å². The molecule has 2 heterocycles. The molecule has 2 aliphatic rings. The Morgan fingerprint density at radius 3 is 2.88 bits per heavy atom. The fourth-order valence-corrected chi connectivity index (χ4v) is 3.59. The van der Waals surface area contributed by atoms with E-state index < -0.39 is 0 Å². The van der Waals surface area contributed by atoms with Gasteiger partial charge in [0.2, 0.25) is 0 Å². The van der Waals surface area contributed by atoms with Crippen LogP contribution in [0.15, 0.2) is 42.5 Å². The molecule has 0 aliphatic carbocycles. The molecule has 0 fully saturated rings. The highest BCUT2D eigenvalue weighted by Gasteiger charge is 2.29. The number of nitrogens with one attached hydrogen (secondary N) is 1. The fourth-order valence-electron chi connectivity index (χ4n) is 3.59. The summed E-state index contributed by atoms with van der Waals surface area (Å²) in [5.74, 6) is 1.96. The Morgan fingerprint density at radius 2 is 1.96 bits per heavy atom. The third-order valence-corrected chi connectivity index (χ3v) is 5.03. The van der Waals surface area contributed by atoms with Gasteiger partial charge in [0.25, 0.3) is 5.91 Å². The van der Waals surface area contributed by atoms with Gasteiger partial charge < -0.3 is 14.8 Å². The monoisotopic (exact) mass is 337 g/mol. The quantitative estimate of drug-likeness (QED) is 0.904. The molecule has 2 aromatic rings. The van der Waals surface area contributed by atoms with Gasteiger partial charge in [0, 0.05) is 17.0 Å². The third-order valence-electron chi connectivity index (χ3n) is 5.03. The van der Waals surface area contributed by atoms with Crippen molar-refractivity contribution >= 4 is 5.91 Å². The van der Waals surface area contributed by atoms with Crippen LogP contribution in [0.5, 0.6) is 11.5 Å². The van der Waals surface area contributed by atoms with Crippen molar-refractivity contribution in [2.24, 2.45) is 5.92 Å². The molecule has 2 aromatic carbocycles. The zero-order valence-corrected chi connectivity index (χ0v) is 14.5. The minimum absolute atomic E-state index is 0.0347. The lowest BCUT2D eigenvalue weighted by Gasteiger charge is -2.32. The van der Waals surface area contributed by atoms with Crippen molar-refractivity contribution in [1.29, 1.82) is 0 Å². The van der Waals surface area contributed by atoms with Gasteiger partial charge in [-0.25, -0.2) is 0 Å². The number of para-hydroxylation sites is 1. The number of benzene rings is 2. The Kier molecular flexibility index (Phi) is 4.35. The molecule has 130 valence electrons. The highest BCUT2D eigenvalue weighted by Crippen LogP contribution is 2.35. The van der Waals surface area contributed by atoms with E-state index in [2.05, 4.69) is 12.2 Å². The molecular weight excluding hydrogens is 314 g/mol. The van der Waals surface area contributed by atoms with Crippen LogP contribution in [0.2, 0.25) is 0 Å². The molecule has 4 rings (SSSR count). The minimum atomic E-state index is -0.0411. The van der Waals surface area contributed by atoms with Gasteiger partial charge in [0.15, 0.2) is 0 Å². The molecule has 0 aromatic heterocycles. The van der Waals surface area contributed by atoms with Gasteiger partial charge in [-0.15, -0.1) is 0 Å². The van der Waals surface area contributed by atoms with Crippen LogP contribution in [-0.2, 0) is 6.42 Å². The number of amides is 1. The summed E-state index contributed by atoms with van der Waals surface area (Å²) >= 11 is 0. The van der Waals surface area contributed by atoms with Crippen LogP contribution in [-0.4, -0.2) is 19.1 Å². The van der Waals surface area contributed by atoms with Gasteiger partial charge >= 0.3 is 0 Å². The highest BCUT2D eigenvalue weighted by atomic mass is 16.5. The first-order valence-electron chi connectivity index (χ1n) is 9.00. The van der Waals surface area contributed by atoms with Crippen LogP contribution in [0.4, 0.5) is 0 Å². The first kappa shape index (κ1) is 16.0. The lowest BCUT2D eigenvalue weighted by Crippen LogP contribution is -2.37. The maximum atomic E-state index is 12.8. The number of rotatable bonds is 2.